The molecule has 0 aliphatic rings. The Hall–Kier alpha value is -3.21. The SMILES string of the molecule is CC(C)Nc1ccc(NC(=O)C(c2ccccc2)c2ccccc2)nn1. The molecule has 0 radical (unpaired) electrons. The second-order valence-corrected chi connectivity index (χ2v) is 6.35. The lowest BCUT2D eigenvalue weighted by Crippen LogP contribution is -2.23. The first kappa shape index (κ1) is 17.6. The quantitative estimate of drug-likeness (QED) is 0.706. The van der Waals surface area contributed by atoms with Crippen molar-refractivity contribution in [3.05, 3.63) is 83.9 Å². The van der Waals surface area contributed by atoms with Gasteiger partial charge in [0.05, 0.1) is 5.92 Å². The standard InChI is InChI=1S/C21H22N4O/c1-15(2)22-18-13-14-19(25-24-18)23-21(26)20(16-9-5-3-6-10-16)17-11-7-4-8-12-17/h3-15,20H,1-2H3,(H,22,24)(H,23,25,26). The summed E-state index contributed by atoms with van der Waals surface area (Å²) >= 11 is 0. The van der Waals surface area contributed by atoms with Crippen LogP contribution in [0.5, 0.6) is 0 Å². The van der Waals surface area contributed by atoms with Gasteiger partial charge in [0.1, 0.15) is 5.82 Å². The van der Waals surface area contributed by atoms with Gasteiger partial charge in [0, 0.05) is 6.04 Å². The molecule has 5 nitrogen and oxygen atoms in total. The van der Waals surface area contributed by atoms with E-state index in [4.69, 9.17) is 0 Å². The Labute approximate surface area is 153 Å². The van der Waals surface area contributed by atoms with E-state index in [-0.39, 0.29) is 11.9 Å². The van der Waals surface area contributed by atoms with Gasteiger partial charge in [-0.25, -0.2) is 0 Å². The van der Waals surface area contributed by atoms with Crippen molar-refractivity contribution in [3.63, 3.8) is 0 Å². The van der Waals surface area contributed by atoms with Crippen LogP contribution < -0.4 is 10.6 Å². The van der Waals surface area contributed by atoms with Crippen molar-refractivity contribution in [1.29, 1.82) is 0 Å². The van der Waals surface area contributed by atoms with Gasteiger partial charge in [0.2, 0.25) is 5.91 Å². The van der Waals surface area contributed by atoms with Gasteiger partial charge in [-0.15, -0.1) is 10.2 Å². The lowest BCUT2D eigenvalue weighted by atomic mass is 9.90. The Bertz CT molecular complexity index is 793. The number of nitrogens with zero attached hydrogens (tertiary/aromatic N) is 2. The number of carbonyl (C=O) groups is 1. The number of hydrogen-bond acceptors (Lipinski definition) is 4. The zero-order chi connectivity index (χ0) is 18.4. The third-order valence-electron chi connectivity index (χ3n) is 3.88. The summed E-state index contributed by atoms with van der Waals surface area (Å²) < 4.78 is 0. The van der Waals surface area contributed by atoms with Crippen LogP contribution in [0.1, 0.15) is 30.9 Å². The van der Waals surface area contributed by atoms with E-state index in [0.29, 0.717) is 11.6 Å². The summed E-state index contributed by atoms with van der Waals surface area (Å²) in [7, 11) is 0. The molecular weight excluding hydrogens is 324 g/mol. The molecule has 1 amide bonds. The highest BCUT2D eigenvalue weighted by molar-refractivity contribution is 5.97. The number of carbonyl (C=O) groups excluding carboxylic acids is 1. The van der Waals surface area contributed by atoms with Gasteiger partial charge in [-0.1, -0.05) is 60.7 Å². The van der Waals surface area contributed by atoms with Gasteiger partial charge in [0.25, 0.3) is 0 Å². The Balaban J connectivity index is 1.82. The first-order chi connectivity index (χ1) is 12.6. The average molecular weight is 346 g/mol. The van der Waals surface area contributed by atoms with E-state index in [1.165, 1.54) is 0 Å². The molecule has 2 aromatic carbocycles. The maximum atomic E-state index is 13.0. The van der Waals surface area contributed by atoms with E-state index in [1.807, 2.05) is 80.6 Å². The third kappa shape index (κ3) is 4.45. The maximum Gasteiger partial charge on any atom is 0.237 e. The molecule has 0 bridgehead atoms. The van der Waals surface area contributed by atoms with Crippen LogP contribution in [0.4, 0.5) is 11.6 Å². The topological polar surface area (TPSA) is 66.9 Å². The number of nitrogens with one attached hydrogen (secondary N) is 2. The zero-order valence-corrected chi connectivity index (χ0v) is 14.9. The van der Waals surface area contributed by atoms with Crippen molar-refractivity contribution in [2.24, 2.45) is 0 Å². The highest BCUT2D eigenvalue weighted by Crippen LogP contribution is 2.26. The summed E-state index contributed by atoms with van der Waals surface area (Å²) in [6.07, 6.45) is 0. The summed E-state index contributed by atoms with van der Waals surface area (Å²) in [6, 6.07) is 23.3. The maximum absolute atomic E-state index is 13.0. The predicted molar refractivity (Wildman–Crippen MR) is 104 cm³/mol. The Kier molecular flexibility index (Phi) is 5.59. The molecule has 0 saturated heterocycles. The molecule has 26 heavy (non-hydrogen) atoms. The van der Waals surface area contributed by atoms with Crippen LogP contribution in [0.3, 0.4) is 0 Å². The minimum absolute atomic E-state index is 0.138. The van der Waals surface area contributed by atoms with Gasteiger partial charge in [0.15, 0.2) is 5.82 Å². The fourth-order valence-corrected chi connectivity index (χ4v) is 2.76. The number of rotatable bonds is 6. The van der Waals surface area contributed by atoms with Gasteiger partial charge in [-0.2, -0.15) is 0 Å². The van der Waals surface area contributed by atoms with Crippen LogP contribution in [0.2, 0.25) is 0 Å². The summed E-state index contributed by atoms with van der Waals surface area (Å²) in [5.41, 5.74) is 1.87. The fourth-order valence-electron chi connectivity index (χ4n) is 2.76. The average Bonchev–Trinajstić information content (AvgIpc) is 2.65. The molecule has 0 saturated carbocycles. The number of aromatic nitrogens is 2. The van der Waals surface area contributed by atoms with Gasteiger partial charge < -0.3 is 10.6 Å². The molecule has 1 heterocycles. The van der Waals surface area contributed by atoms with E-state index in [1.54, 1.807) is 6.07 Å². The molecule has 0 fully saturated rings. The largest absolute Gasteiger partial charge is 0.366 e. The Morgan fingerprint density at radius 2 is 1.27 bits per heavy atom. The predicted octanol–water partition coefficient (Wildman–Crippen LogP) is 4.07. The monoisotopic (exact) mass is 346 g/mol. The lowest BCUT2D eigenvalue weighted by molar-refractivity contribution is -0.116. The van der Waals surface area contributed by atoms with E-state index in [2.05, 4.69) is 20.8 Å². The molecule has 5 heteroatoms. The van der Waals surface area contributed by atoms with Crippen molar-refractivity contribution >= 4 is 17.5 Å². The van der Waals surface area contributed by atoms with Crippen molar-refractivity contribution < 1.29 is 4.79 Å². The molecule has 0 spiro atoms. The van der Waals surface area contributed by atoms with E-state index in [0.717, 1.165) is 11.1 Å². The fraction of sp³-hybridized carbons (Fsp3) is 0.190. The molecule has 0 atom stereocenters. The normalized spacial score (nSPS) is 10.8. The van der Waals surface area contributed by atoms with Crippen molar-refractivity contribution in [2.75, 3.05) is 10.6 Å². The number of amides is 1. The second kappa shape index (κ2) is 8.25. The van der Waals surface area contributed by atoms with Gasteiger partial charge in [-0.3, -0.25) is 4.79 Å². The highest BCUT2D eigenvalue weighted by Gasteiger charge is 2.23. The first-order valence-corrected chi connectivity index (χ1v) is 8.64. The summed E-state index contributed by atoms with van der Waals surface area (Å²) in [5.74, 6) is 0.566. The Morgan fingerprint density at radius 1 is 0.769 bits per heavy atom. The smallest absolute Gasteiger partial charge is 0.237 e. The van der Waals surface area contributed by atoms with Gasteiger partial charge >= 0.3 is 0 Å². The Morgan fingerprint density at radius 3 is 1.73 bits per heavy atom. The first-order valence-electron chi connectivity index (χ1n) is 8.64. The van der Waals surface area contributed by atoms with Crippen LogP contribution in [0, 0.1) is 0 Å². The second-order valence-electron chi connectivity index (χ2n) is 6.35. The third-order valence-corrected chi connectivity index (χ3v) is 3.88. The highest BCUT2D eigenvalue weighted by atomic mass is 16.2. The molecule has 3 aromatic rings. The molecule has 132 valence electrons. The molecule has 2 N–H and O–H groups in total. The van der Waals surface area contributed by atoms with Crippen LogP contribution >= 0.6 is 0 Å². The van der Waals surface area contributed by atoms with E-state index < -0.39 is 5.92 Å². The van der Waals surface area contributed by atoms with E-state index >= 15 is 0 Å². The van der Waals surface area contributed by atoms with E-state index in [9.17, 15) is 4.79 Å². The molecule has 0 unspecified atom stereocenters. The molecule has 1 aromatic heterocycles. The molecule has 0 aliphatic heterocycles. The molecule has 3 rings (SSSR count). The van der Waals surface area contributed by atoms with Crippen LogP contribution in [0.15, 0.2) is 72.8 Å². The van der Waals surface area contributed by atoms with Crippen LogP contribution in [0.25, 0.3) is 0 Å². The number of benzene rings is 2. The number of anilines is 2. The van der Waals surface area contributed by atoms with Gasteiger partial charge in [-0.05, 0) is 37.1 Å². The number of hydrogen-bond donors (Lipinski definition) is 2. The molecular formula is C21H22N4O. The summed E-state index contributed by atoms with van der Waals surface area (Å²) in [4.78, 5) is 13.0. The van der Waals surface area contributed by atoms with Crippen LogP contribution in [-0.4, -0.2) is 22.1 Å². The summed E-state index contributed by atoms with van der Waals surface area (Å²) in [6.45, 7) is 4.06. The van der Waals surface area contributed by atoms with Crippen molar-refractivity contribution in [1.82, 2.24) is 10.2 Å². The summed E-state index contributed by atoms with van der Waals surface area (Å²) in [5, 5.41) is 14.3. The van der Waals surface area contributed by atoms with Crippen molar-refractivity contribution in [2.45, 2.75) is 25.8 Å². The minimum Gasteiger partial charge on any atom is -0.366 e. The lowest BCUT2D eigenvalue weighted by Gasteiger charge is -2.17. The molecule has 0 aliphatic carbocycles. The minimum atomic E-state index is -0.410. The van der Waals surface area contributed by atoms with Crippen LogP contribution in [-0.2, 0) is 4.79 Å². The zero-order valence-electron chi connectivity index (χ0n) is 14.9. The van der Waals surface area contributed by atoms with Crippen molar-refractivity contribution in [3.8, 4) is 0 Å².